The van der Waals surface area contributed by atoms with Gasteiger partial charge < -0.3 is 14.6 Å². The summed E-state index contributed by atoms with van der Waals surface area (Å²) in [7, 11) is 1.57. The molecule has 3 aromatic carbocycles. The van der Waals surface area contributed by atoms with Crippen molar-refractivity contribution in [1.82, 2.24) is 0 Å². The normalized spacial score (nSPS) is 17.2. The molecule has 1 heterocycles. The van der Waals surface area contributed by atoms with E-state index in [-0.39, 0.29) is 16.7 Å². The fraction of sp³-hybridized carbons (Fsp3) is 0.290. The van der Waals surface area contributed by atoms with Crippen LogP contribution in [0.4, 0.5) is 5.69 Å². The summed E-state index contributed by atoms with van der Waals surface area (Å²) in [6.07, 6.45) is 0. The van der Waals surface area contributed by atoms with Crippen molar-refractivity contribution in [3.8, 4) is 11.5 Å². The second-order valence-corrected chi connectivity index (χ2v) is 10.2. The lowest BCUT2D eigenvalue weighted by atomic mass is 9.85. The summed E-state index contributed by atoms with van der Waals surface area (Å²) in [5, 5.41) is 11.4. The highest BCUT2D eigenvalue weighted by Crippen LogP contribution is 2.43. The van der Waals surface area contributed by atoms with E-state index in [4.69, 9.17) is 9.47 Å². The first kappa shape index (κ1) is 26.0. The van der Waals surface area contributed by atoms with E-state index in [2.05, 4.69) is 20.8 Å². The monoisotopic (exact) mass is 499 g/mol. The van der Waals surface area contributed by atoms with Crippen molar-refractivity contribution in [2.24, 2.45) is 0 Å². The molecule has 1 N–H and O–H groups in total. The van der Waals surface area contributed by atoms with Gasteiger partial charge in [0.05, 0.1) is 25.3 Å². The standard InChI is InChI=1S/C31H33NO5/c1-7-37-24-10-8-9-23(18-24)32-27(20-11-14-22(15-12-20)31(3,4)5)26(29(34)30(32)35)28(33)21-13-16-25(36-6)19(2)17-21/h8-18,27,33H,7H2,1-6H3/b28-26+. The van der Waals surface area contributed by atoms with Gasteiger partial charge in [-0.1, -0.05) is 51.1 Å². The number of carbonyl (C=O) groups excluding carboxylic acids is 2. The molecule has 1 aliphatic heterocycles. The molecule has 6 heteroatoms. The van der Waals surface area contributed by atoms with Gasteiger partial charge in [-0.3, -0.25) is 14.5 Å². The number of hydrogen-bond donors (Lipinski definition) is 1. The summed E-state index contributed by atoms with van der Waals surface area (Å²) < 4.78 is 11.0. The lowest BCUT2D eigenvalue weighted by Crippen LogP contribution is -2.29. The number of nitrogens with zero attached hydrogens (tertiary/aromatic N) is 1. The Morgan fingerprint density at radius 3 is 2.30 bits per heavy atom. The zero-order chi connectivity index (χ0) is 26.9. The molecule has 1 fully saturated rings. The molecular formula is C31H33NO5. The van der Waals surface area contributed by atoms with Gasteiger partial charge in [0.1, 0.15) is 17.3 Å². The van der Waals surface area contributed by atoms with Gasteiger partial charge in [0.2, 0.25) is 0 Å². The molecular weight excluding hydrogens is 466 g/mol. The molecule has 4 rings (SSSR count). The molecule has 1 atom stereocenters. The van der Waals surface area contributed by atoms with Crippen LogP contribution < -0.4 is 14.4 Å². The predicted molar refractivity (Wildman–Crippen MR) is 145 cm³/mol. The zero-order valence-electron chi connectivity index (χ0n) is 22.2. The van der Waals surface area contributed by atoms with Crippen molar-refractivity contribution in [3.63, 3.8) is 0 Å². The Kier molecular flexibility index (Phi) is 7.12. The Morgan fingerprint density at radius 1 is 1.00 bits per heavy atom. The molecule has 192 valence electrons. The molecule has 3 aromatic rings. The van der Waals surface area contributed by atoms with Crippen LogP contribution in [0.3, 0.4) is 0 Å². The van der Waals surface area contributed by atoms with E-state index in [1.807, 2.05) is 38.1 Å². The summed E-state index contributed by atoms with van der Waals surface area (Å²) in [4.78, 5) is 28.4. The van der Waals surface area contributed by atoms with Gasteiger partial charge in [-0.15, -0.1) is 0 Å². The summed E-state index contributed by atoms with van der Waals surface area (Å²) in [6, 6.07) is 19.3. The van der Waals surface area contributed by atoms with Crippen LogP contribution in [0, 0.1) is 6.92 Å². The largest absolute Gasteiger partial charge is 0.507 e. The van der Waals surface area contributed by atoms with Gasteiger partial charge >= 0.3 is 0 Å². The van der Waals surface area contributed by atoms with Gasteiger partial charge in [-0.05, 0) is 66.3 Å². The van der Waals surface area contributed by atoms with E-state index in [0.717, 1.165) is 16.7 Å². The Bertz CT molecular complexity index is 1370. The predicted octanol–water partition coefficient (Wildman–Crippen LogP) is 6.33. The van der Waals surface area contributed by atoms with Crippen LogP contribution in [0.2, 0.25) is 0 Å². The van der Waals surface area contributed by atoms with E-state index in [1.54, 1.807) is 49.6 Å². The molecule has 1 amide bonds. The van der Waals surface area contributed by atoms with Crippen LogP contribution in [0.15, 0.2) is 72.3 Å². The Labute approximate surface area is 218 Å². The van der Waals surface area contributed by atoms with Crippen LogP contribution in [0.1, 0.15) is 56.0 Å². The van der Waals surface area contributed by atoms with Crippen LogP contribution in [0.25, 0.3) is 5.76 Å². The topological polar surface area (TPSA) is 76.1 Å². The quantitative estimate of drug-likeness (QED) is 0.244. The molecule has 1 saturated heterocycles. The highest BCUT2D eigenvalue weighted by atomic mass is 16.5. The van der Waals surface area contributed by atoms with Crippen LogP contribution in [0.5, 0.6) is 11.5 Å². The minimum atomic E-state index is -0.812. The minimum absolute atomic E-state index is 0.0416. The molecule has 0 spiro atoms. The summed E-state index contributed by atoms with van der Waals surface area (Å²) in [5.74, 6) is -0.408. The number of Topliss-reactive ketones (excluding diaryl/α,β-unsaturated/α-hetero) is 1. The molecule has 0 radical (unpaired) electrons. The first-order valence-electron chi connectivity index (χ1n) is 12.4. The average molecular weight is 500 g/mol. The first-order valence-corrected chi connectivity index (χ1v) is 12.4. The van der Waals surface area contributed by atoms with Crippen molar-refractivity contribution >= 4 is 23.1 Å². The van der Waals surface area contributed by atoms with Crippen molar-refractivity contribution < 1.29 is 24.2 Å². The number of carbonyl (C=O) groups is 2. The molecule has 0 aromatic heterocycles. The van der Waals surface area contributed by atoms with Gasteiger partial charge in [-0.2, -0.15) is 0 Å². The number of anilines is 1. The number of benzene rings is 3. The summed E-state index contributed by atoms with van der Waals surface area (Å²) in [6.45, 7) is 10.6. The smallest absolute Gasteiger partial charge is 0.300 e. The SMILES string of the molecule is CCOc1cccc(N2C(=O)C(=O)/C(=C(/O)c3ccc(OC)c(C)c3)C2c2ccc(C(C)(C)C)cc2)c1. The highest BCUT2D eigenvalue weighted by molar-refractivity contribution is 6.51. The molecule has 0 saturated carbocycles. The van der Waals surface area contributed by atoms with E-state index in [1.165, 1.54) is 4.90 Å². The Balaban J connectivity index is 1.92. The first-order chi connectivity index (χ1) is 17.6. The third-order valence-corrected chi connectivity index (χ3v) is 6.61. The third kappa shape index (κ3) is 4.96. The molecule has 1 unspecified atom stereocenters. The molecule has 0 bridgehead atoms. The van der Waals surface area contributed by atoms with Gasteiger partial charge in [0.25, 0.3) is 11.7 Å². The van der Waals surface area contributed by atoms with Crippen molar-refractivity contribution in [1.29, 1.82) is 0 Å². The second kappa shape index (κ2) is 10.1. The summed E-state index contributed by atoms with van der Waals surface area (Å²) in [5.41, 5.74) is 3.58. The van der Waals surface area contributed by atoms with Crippen molar-refractivity contribution in [2.45, 2.75) is 46.1 Å². The summed E-state index contributed by atoms with van der Waals surface area (Å²) >= 11 is 0. The molecule has 37 heavy (non-hydrogen) atoms. The van der Waals surface area contributed by atoms with E-state index in [0.29, 0.717) is 29.4 Å². The van der Waals surface area contributed by atoms with Gasteiger partial charge in [0.15, 0.2) is 0 Å². The number of hydrogen-bond acceptors (Lipinski definition) is 5. The third-order valence-electron chi connectivity index (χ3n) is 6.61. The fourth-order valence-electron chi connectivity index (χ4n) is 4.65. The zero-order valence-corrected chi connectivity index (χ0v) is 22.2. The second-order valence-electron chi connectivity index (χ2n) is 10.2. The number of ether oxygens (including phenoxy) is 2. The van der Waals surface area contributed by atoms with Crippen molar-refractivity contribution in [2.75, 3.05) is 18.6 Å². The fourth-order valence-corrected chi connectivity index (χ4v) is 4.65. The van der Waals surface area contributed by atoms with Gasteiger partial charge in [0, 0.05) is 17.3 Å². The Hall–Kier alpha value is -4.06. The van der Waals surface area contributed by atoms with E-state index in [9.17, 15) is 14.7 Å². The maximum absolute atomic E-state index is 13.5. The highest BCUT2D eigenvalue weighted by Gasteiger charge is 2.47. The lowest BCUT2D eigenvalue weighted by molar-refractivity contribution is -0.132. The number of methoxy groups -OCH3 is 1. The molecule has 0 aliphatic carbocycles. The molecule has 6 nitrogen and oxygen atoms in total. The number of ketones is 1. The number of rotatable bonds is 6. The van der Waals surface area contributed by atoms with Crippen molar-refractivity contribution in [3.05, 3.63) is 94.6 Å². The van der Waals surface area contributed by atoms with E-state index >= 15 is 0 Å². The van der Waals surface area contributed by atoms with Crippen LogP contribution >= 0.6 is 0 Å². The molecule has 1 aliphatic rings. The van der Waals surface area contributed by atoms with Crippen LogP contribution in [-0.2, 0) is 15.0 Å². The number of amides is 1. The van der Waals surface area contributed by atoms with Crippen LogP contribution in [-0.4, -0.2) is 30.5 Å². The number of aliphatic hydroxyl groups is 1. The average Bonchev–Trinajstić information content (AvgIpc) is 3.13. The Morgan fingerprint density at radius 2 is 1.70 bits per heavy atom. The number of aryl methyl sites for hydroxylation is 1. The van der Waals surface area contributed by atoms with Gasteiger partial charge in [-0.25, -0.2) is 0 Å². The minimum Gasteiger partial charge on any atom is -0.507 e. The van der Waals surface area contributed by atoms with E-state index < -0.39 is 17.7 Å². The maximum Gasteiger partial charge on any atom is 0.300 e. The number of aliphatic hydroxyl groups excluding tert-OH is 1. The maximum atomic E-state index is 13.5. The lowest BCUT2D eigenvalue weighted by Gasteiger charge is -2.27.